The number of benzene rings is 1. The Kier molecular flexibility index (Phi) is 5.68. The van der Waals surface area contributed by atoms with Crippen LogP contribution < -0.4 is 4.72 Å². The summed E-state index contributed by atoms with van der Waals surface area (Å²) >= 11 is 0. The Morgan fingerprint density at radius 3 is 2.59 bits per heavy atom. The summed E-state index contributed by atoms with van der Waals surface area (Å²) in [6, 6.07) is 7.78. The van der Waals surface area contributed by atoms with Gasteiger partial charge in [0.15, 0.2) is 0 Å². The van der Waals surface area contributed by atoms with E-state index in [1.54, 1.807) is 0 Å². The van der Waals surface area contributed by atoms with Crippen LogP contribution in [0.5, 0.6) is 0 Å². The molecule has 2 aromatic rings. The van der Waals surface area contributed by atoms with Crippen LogP contribution >= 0.6 is 0 Å². The molecule has 0 atom stereocenters. The summed E-state index contributed by atoms with van der Waals surface area (Å²) in [6.07, 6.45) is 1.89. The third kappa shape index (κ3) is 4.92. The fourth-order valence-electron chi connectivity index (χ4n) is 1.89. The Morgan fingerprint density at radius 2 is 1.91 bits per heavy atom. The highest BCUT2D eigenvalue weighted by Gasteiger charge is 2.11. The number of aromatic nitrogens is 2. The van der Waals surface area contributed by atoms with E-state index in [0.29, 0.717) is 24.6 Å². The zero-order valence-corrected chi connectivity index (χ0v) is 13.7. The predicted octanol–water partition coefficient (Wildman–Crippen LogP) is 2.31. The second-order valence-electron chi connectivity index (χ2n) is 5.18. The first-order chi connectivity index (χ1) is 10.5. The molecular formula is C15H21N3O3S. The van der Waals surface area contributed by atoms with Gasteiger partial charge in [0.1, 0.15) is 0 Å². The Bertz CT molecular complexity index is 693. The second-order valence-corrected chi connectivity index (χ2v) is 7.11. The minimum Gasteiger partial charge on any atom is -0.421 e. The topological polar surface area (TPSA) is 85.1 Å². The van der Waals surface area contributed by atoms with Gasteiger partial charge in [0.2, 0.25) is 21.8 Å². The van der Waals surface area contributed by atoms with Crippen molar-refractivity contribution in [2.45, 2.75) is 33.1 Å². The predicted molar refractivity (Wildman–Crippen MR) is 84.9 cm³/mol. The van der Waals surface area contributed by atoms with Gasteiger partial charge in [0.05, 0.1) is 5.75 Å². The van der Waals surface area contributed by atoms with Crippen molar-refractivity contribution in [3.05, 3.63) is 35.7 Å². The van der Waals surface area contributed by atoms with Gasteiger partial charge in [-0.05, 0) is 25.5 Å². The molecule has 120 valence electrons. The minimum absolute atomic E-state index is 0.155. The lowest BCUT2D eigenvalue weighted by Crippen LogP contribution is -2.28. The van der Waals surface area contributed by atoms with Gasteiger partial charge in [-0.25, -0.2) is 13.1 Å². The van der Waals surface area contributed by atoms with Gasteiger partial charge >= 0.3 is 0 Å². The van der Waals surface area contributed by atoms with E-state index in [0.717, 1.165) is 17.5 Å². The lowest BCUT2D eigenvalue weighted by molar-refractivity contribution is 0.501. The highest BCUT2D eigenvalue weighted by atomic mass is 32.2. The molecule has 6 nitrogen and oxygen atoms in total. The molecule has 0 unspecified atom stereocenters. The summed E-state index contributed by atoms with van der Waals surface area (Å²) in [5.41, 5.74) is 2.01. The maximum atomic E-state index is 11.7. The smallest absolute Gasteiger partial charge is 0.247 e. The third-order valence-electron chi connectivity index (χ3n) is 3.19. The lowest BCUT2D eigenvalue weighted by atomic mass is 10.1. The van der Waals surface area contributed by atoms with Gasteiger partial charge in [-0.1, -0.05) is 31.0 Å². The molecule has 0 aliphatic rings. The molecule has 2 rings (SSSR count). The SMILES string of the molecule is CCCCS(=O)(=O)NCCc1nnc(-c2ccc(C)cc2)o1. The molecule has 0 amide bonds. The maximum absolute atomic E-state index is 11.7. The summed E-state index contributed by atoms with van der Waals surface area (Å²) in [7, 11) is -3.20. The molecule has 0 spiro atoms. The molecule has 1 heterocycles. The Balaban J connectivity index is 1.89. The fourth-order valence-corrected chi connectivity index (χ4v) is 3.11. The van der Waals surface area contributed by atoms with Crippen molar-refractivity contribution in [3.8, 4) is 11.5 Å². The zero-order chi connectivity index (χ0) is 16.0. The highest BCUT2D eigenvalue weighted by molar-refractivity contribution is 7.89. The molecule has 1 aromatic carbocycles. The van der Waals surface area contributed by atoms with Crippen LogP contribution in [0, 0.1) is 6.92 Å². The van der Waals surface area contributed by atoms with Crippen LogP contribution in [0.4, 0.5) is 0 Å². The van der Waals surface area contributed by atoms with Crippen molar-refractivity contribution >= 4 is 10.0 Å². The van der Waals surface area contributed by atoms with Crippen LogP contribution in [0.25, 0.3) is 11.5 Å². The average Bonchev–Trinajstić information content (AvgIpc) is 2.94. The lowest BCUT2D eigenvalue weighted by Gasteiger charge is -2.03. The molecule has 0 bridgehead atoms. The molecule has 0 saturated heterocycles. The number of aryl methyl sites for hydroxylation is 1. The van der Waals surface area contributed by atoms with E-state index in [-0.39, 0.29) is 12.3 Å². The molecule has 1 N–H and O–H groups in total. The van der Waals surface area contributed by atoms with Gasteiger partial charge in [-0.3, -0.25) is 0 Å². The van der Waals surface area contributed by atoms with E-state index in [1.165, 1.54) is 0 Å². The average molecular weight is 323 g/mol. The van der Waals surface area contributed by atoms with Crippen molar-refractivity contribution in [3.63, 3.8) is 0 Å². The molecule has 0 aliphatic carbocycles. The van der Waals surface area contributed by atoms with Crippen LogP contribution in [0.3, 0.4) is 0 Å². The van der Waals surface area contributed by atoms with Gasteiger partial charge < -0.3 is 4.42 Å². The number of hydrogen-bond donors (Lipinski definition) is 1. The van der Waals surface area contributed by atoms with Gasteiger partial charge in [0, 0.05) is 18.5 Å². The molecule has 0 fully saturated rings. The summed E-state index contributed by atoms with van der Waals surface area (Å²) < 4.78 is 31.4. The standard InChI is InChI=1S/C15H21N3O3S/c1-3-4-11-22(19,20)16-10-9-14-17-18-15(21-14)13-7-5-12(2)6-8-13/h5-8,16H,3-4,9-11H2,1-2H3. The molecular weight excluding hydrogens is 302 g/mol. The van der Waals surface area contributed by atoms with Crippen LogP contribution in [-0.4, -0.2) is 30.9 Å². The van der Waals surface area contributed by atoms with E-state index >= 15 is 0 Å². The van der Waals surface area contributed by atoms with E-state index in [9.17, 15) is 8.42 Å². The van der Waals surface area contributed by atoms with Crippen molar-refractivity contribution in [2.24, 2.45) is 0 Å². The van der Waals surface area contributed by atoms with Crippen molar-refractivity contribution in [1.29, 1.82) is 0 Å². The third-order valence-corrected chi connectivity index (χ3v) is 4.66. The van der Waals surface area contributed by atoms with Crippen LogP contribution in [-0.2, 0) is 16.4 Å². The zero-order valence-electron chi connectivity index (χ0n) is 12.9. The number of nitrogens with zero attached hydrogens (tertiary/aromatic N) is 2. The van der Waals surface area contributed by atoms with E-state index in [1.807, 2.05) is 38.1 Å². The van der Waals surface area contributed by atoms with Gasteiger partial charge in [-0.2, -0.15) is 0 Å². The Morgan fingerprint density at radius 1 is 1.18 bits per heavy atom. The molecule has 1 aromatic heterocycles. The van der Waals surface area contributed by atoms with E-state index in [4.69, 9.17) is 4.42 Å². The normalized spacial score (nSPS) is 11.7. The minimum atomic E-state index is -3.20. The van der Waals surface area contributed by atoms with Gasteiger partial charge in [-0.15, -0.1) is 10.2 Å². The number of hydrogen-bond acceptors (Lipinski definition) is 5. The number of rotatable bonds is 8. The van der Waals surface area contributed by atoms with Crippen molar-refractivity contribution in [2.75, 3.05) is 12.3 Å². The van der Waals surface area contributed by atoms with Crippen LogP contribution in [0.1, 0.15) is 31.2 Å². The number of unbranched alkanes of at least 4 members (excludes halogenated alkanes) is 1. The van der Waals surface area contributed by atoms with Crippen LogP contribution in [0.15, 0.2) is 28.7 Å². The monoisotopic (exact) mass is 323 g/mol. The quantitative estimate of drug-likeness (QED) is 0.805. The first kappa shape index (κ1) is 16.6. The summed E-state index contributed by atoms with van der Waals surface area (Å²) in [6.45, 7) is 4.23. The molecule has 0 aliphatic heterocycles. The van der Waals surface area contributed by atoms with E-state index in [2.05, 4.69) is 14.9 Å². The largest absolute Gasteiger partial charge is 0.421 e. The Hall–Kier alpha value is -1.73. The summed E-state index contributed by atoms with van der Waals surface area (Å²) in [4.78, 5) is 0. The maximum Gasteiger partial charge on any atom is 0.247 e. The fraction of sp³-hybridized carbons (Fsp3) is 0.467. The number of sulfonamides is 1. The number of nitrogens with one attached hydrogen (secondary N) is 1. The van der Waals surface area contributed by atoms with Crippen molar-refractivity contribution < 1.29 is 12.8 Å². The first-order valence-electron chi connectivity index (χ1n) is 7.37. The first-order valence-corrected chi connectivity index (χ1v) is 9.02. The van der Waals surface area contributed by atoms with E-state index < -0.39 is 10.0 Å². The molecule has 7 heteroatoms. The molecule has 0 saturated carbocycles. The molecule has 0 radical (unpaired) electrons. The summed E-state index contributed by atoms with van der Waals surface area (Å²) in [5.74, 6) is 1.03. The summed E-state index contributed by atoms with van der Waals surface area (Å²) in [5, 5.41) is 7.93. The second kappa shape index (κ2) is 7.51. The van der Waals surface area contributed by atoms with Gasteiger partial charge in [0.25, 0.3) is 0 Å². The highest BCUT2D eigenvalue weighted by Crippen LogP contribution is 2.18. The van der Waals surface area contributed by atoms with Crippen molar-refractivity contribution in [1.82, 2.24) is 14.9 Å². The molecule has 22 heavy (non-hydrogen) atoms. The Labute approximate surface area is 131 Å². The van der Waals surface area contributed by atoms with Crippen LogP contribution in [0.2, 0.25) is 0 Å².